The van der Waals surface area contributed by atoms with Crippen LogP contribution in [-0.4, -0.2) is 34.9 Å². The van der Waals surface area contributed by atoms with Crippen LogP contribution < -0.4 is 21.1 Å². The van der Waals surface area contributed by atoms with Gasteiger partial charge in [-0.3, -0.25) is 19.4 Å². The van der Waals surface area contributed by atoms with Gasteiger partial charge in [-0.05, 0) is 43.9 Å². The van der Waals surface area contributed by atoms with Gasteiger partial charge in [-0.1, -0.05) is 12.1 Å². The van der Waals surface area contributed by atoms with Crippen LogP contribution in [0.15, 0.2) is 23.0 Å². The van der Waals surface area contributed by atoms with Crippen LogP contribution in [0.1, 0.15) is 41.9 Å². The zero-order valence-corrected chi connectivity index (χ0v) is 16.0. The molecule has 3 heterocycles. The van der Waals surface area contributed by atoms with Gasteiger partial charge in [0.05, 0.1) is 11.5 Å². The molecule has 1 atom stereocenters. The van der Waals surface area contributed by atoms with Crippen molar-refractivity contribution in [3.8, 4) is 0 Å². The van der Waals surface area contributed by atoms with Crippen LogP contribution in [0.3, 0.4) is 0 Å². The predicted octanol–water partition coefficient (Wildman–Crippen LogP) is 2.05. The number of nitrogens with zero attached hydrogens (tertiary/aromatic N) is 2. The van der Waals surface area contributed by atoms with Crippen molar-refractivity contribution in [2.24, 2.45) is 0 Å². The largest absolute Gasteiger partial charge is 0.342 e. The normalized spacial score (nSPS) is 18.6. The van der Waals surface area contributed by atoms with Gasteiger partial charge in [-0.15, -0.1) is 0 Å². The van der Waals surface area contributed by atoms with Crippen LogP contribution in [0.25, 0.3) is 0 Å². The van der Waals surface area contributed by atoms with Gasteiger partial charge < -0.3 is 15.5 Å². The first kappa shape index (κ1) is 18.2. The van der Waals surface area contributed by atoms with Crippen LogP contribution in [0.5, 0.6) is 0 Å². The lowest BCUT2D eigenvalue weighted by Crippen LogP contribution is -2.37. The molecule has 0 saturated carbocycles. The Morgan fingerprint density at radius 1 is 1.21 bits per heavy atom. The first-order valence-electron chi connectivity index (χ1n) is 9.49. The van der Waals surface area contributed by atoms with Crippen LogP contribution >= 0.6 is 0 Å². The van der Waals surface area contributed by atoms with Gasteiger partial charge in [0, 0.05) is 25.2 Å². The molecule has 1 aromatic heterocycles. The number of aromatic nitrogens is 2. The van der Waals surface area contributed by atoms with E-state index in [9.17, 15) is 14.4 Å². The third kappa shape index (κ3) is 3.37. The van der Waals surface area contributed by atoms with E-state index in [-0.39, 0.29) is 35.2 Å². The van der Waals surface area contributed by atoms with Gasteiger partial charge in [-0.25, -0.2) is 0 Å². The SMILES string of the molecule is Cc1ccc(C)c(NC(=O)C2CC(=O)Nc3nc(N4CCCC4)[nH]c(=O)c32)c1. The molecule has 2 aliphatic rings. The number of benzene rings is 1. The average Bonchev–Trinajstić information content (AvgIpc) is 3.18. The second kappa shape index (κ2) is 7.10. The van der Waals surface area contributed by atoms with E-state index < -0.39 is 5.92 Å². The lowest BCUT2D eigenvalue weighted by Gasteiger charge is -2.25. The zero-order valence-electron chi connectivity index (χ0n) is 16.0. The summed E-state index contributed by atoms with van der Waals surface area (Å²) in [6.07, 6.45) is 1.99. The number of nitrogens with one attached hydrogen (secondary N) is 3. The monoisotopic (exact) mass is 381 g/mol. The van der Waals surface area contributed by atoms with Gasteiger partial charge in [-0.2, -0.15) is 4.98 Å². The fourth-order valence-corrected chi connectivity index (χ4v) is 3.75. The lowest BCUT2D eigenvalue weighted by atomic mass is 9.92. The maximum atomic E-state index is 13.0. The Bertz CT molecular complexity index is 1010. The van der Waals surface area contributed by atoms with E-state index in [0.717, 1.165) is 37.1 Å². The minimum absolute atomic E-state index is 0.0858. The van der Waals surface area contributed by atoms with E-state index in [1.165, 1.54) is 0 Å². The summed E-state index contributed by atoms with van der Waals surface area (Å²) in [6.45, 7) is 5.46. The molecule has 146 valence electrons. The zero-order chi connectivity index (χ0) is 19.8. The summed E-state index contributed by atoms with van der Waals surface area (Å²) in [5.41, 5.74) is 2.43. The Labute approximate surface area is 162 Å². The summed E-state index contributed by atoms with van der Waals surface area (Å²) in [5, 5.41) is 5.53. The molecular weight excluding hydrogens is 358 g/mol. The Balaban J connectivity index is 1.68. The highest BCUT2D eigenvalue weighted by molar-refractivity contribution is 6.04. The molecule has 0 radical (unpaired) electrons. The van der Waals surface area contributed by atoms with Gasteiger partial charge in [0.1, 0.15) is 5.82 Å². The van der Waals surface area contributed by atoms with E-state index in [0.29, 0.717) is 11.6 Å². The molecule has 8 heteroatoms. The van der Waals surface area contributed by atoms with E-state index >= 15 is 0 Å². The highest BCUT2D eigenvalue weighted by atomic mass is 16.2. The number of hydrogen-bond donors (Lipinski definition) is 3. The fraction of sp³-hybridized carbons (Fsp3) is 0.400. The summed E-state index contributed by atoms with van der Waals surface area (Å²) < 4.78 is 0. The number of aryl methyl sites for hydroxylation is 2. The number of aromatic amines is 1. The van der Waals surface area contributed by atoms with Crippen molar-refractivity contribution in [1.29, 1.82) is 0 Å². The minimum atomic E-state index is -0.882. The van der Waals surface area contributed by atoms with Crippen LogP contribution in [-0.2, 0) is 9.59 Å². The van der Waals surface area contributed by atoms with E-state index in [4.69, 9.17) is 0 Å². The first-order chi connectivity index (χ1) is 13.4. The maximum Gasteiger partial charge on any atom is 0.258 e. The molecule has 1 unspecified atom stereocenters. The number of fused-ring (bicyclic) bond motifs is 1. The van der Waals surface area contributed by atoms with E-state index in [1.54, 1.807) is 0 Å². The molecular formula is C20H23N5O3. The molecule has 1 fully saturated rings. The topological polar surface area (TPSA) is 107 Å². The van der Waals surface area contributed by atoms with Crippen molar-refractivity contribution in [2.75, 3.05) is 28.6 Å². The Morgan fingerprint density at radius 2 is 1.96 bits per heavy atom. The molecule has 28 heavy (non-hydrogen) atoms. The summed E-state index contributed by atoms with van der Waals surface area (Å²) in [4.78, 5) is 47.1. The number of rotatable bonds is 3. The lowest BCUT2D eigenvalue weighted by molar-refractivity contribution is -0.123. The van der Waals surface area contributed by atoms with Crippen LogP contribution in [0.4, 0.5) is 17.5 Å². The maximum absolute atomic E-state index is 13.0. The summed E-state index contributed by atoms with van der Waals surface area (Å²) in [7, 11) is 0. The molecule has 2 amide bonds. The number of H-pyrrole nitrogens is 1. The summed E-state index contributed by atoms with van der Waals surface area (Å²) in [5.74, 6) is -0.960. The molecule has 0 bridgehead atoms. The van der Waals surface area contributed by atoms with Crippen LogP contribution in [0.2, 0.25) is 0 Å². The molecule has 0 aliphatic carbocycles. The second-order valence-electron chi connectivity index (χ2n) is 7.46. The third-order valence-corrected chi connectivity index (χ3v) is 5.31. The summed E-state index contributed by atoms with van der Waals surface area (Å²) in [6, 6.07) is 5.75. The molecule has 1 saturated heterocycles. The minimum Gasteiger partial charge on any atom is -0.342 e. The molecule has 8 nitrogen and oxygen atoms in total. The Hall–Kier alpha value is -3.16. The highest BCUT2D eigenvalue weighted by Crippen LogP contribution is 2.31. The number of carbonyl (C=O) groups is 2. The van der Waals surface area contributed by atoms with Crippen molar-refractivity contribution in [1.82, 2.24) is 9.97 Å². The van der Waals surface area contributed by atoms with Crippen molar-refractivity contribution >= 4 is 29.3 Å². The van der Waals surface area contributed by atoms with E-state index in [2.05, 4.69) is 20.6 Å². The molecule has 3 N–H and O–H groups in total. The molecule has 4 rings (SSSR count). The quantitative estimate of drug-likeness (QED) is 0.754. The van der Waals surface area contributed by atoms with Crippen molar-refractivity contribution in [3.63, 3.8) is 0 Å². The van der Waals surface area contributed by atoms with Crippen LogP contribution in [0, 0.1) is 13.8 Å². The average molecular weight is 381 g/mol. The van der Waals surface area contributed by atoms with Gasteiger partial charge in [0.25, 0.3) is 5.56 Å². The fourth-order valence-electron chi connectivity index (χ4n) is 3.75. The highest BCUT2D eigenvalue weighted by Gasteiger charge is 2.35. The molecule has 0 spiro atoms. The second-order valence-corrected chi connectivity index (χ2v) is 7.46. The molecule has 2 aliphatic heterocycles. The van der Waals surface area contributed by atoms with Gasteiger partial charge >= 0.3 is 0 Å². The smallest absolute Gasteiger partial charge is 0.258 e. The Kier molecular flexibility index (Phi) is 4.62. The van der Waals surface area contributed by atoms with Gasteiger partial charge in [0.15, 0.2) is 0 Å². The van der Waals surface area contributed by atoms with Crippen molar-refractivity contribution in [2.45, 2.75) is 39.0 Å². The molecule has 2 aromatic rings. The number of carbonyl (C=O) groups excluding carboxylic acids is 2. The number of hydrogen-bond acceptors (Lipinski definition) is 5. The standard InChI is InChI=1S/C20H23N5O3/c1-11-5-6-12(2)14(9-11)21-18(27)13-10-15(26)22-17-16(13)19(28)24-20(23-17)25-7-3-4-8-25/h5-6,9,13H,3-4,7-8,10H2,1-2H3,(H,21,27)(H2,22,23,24,26,28). The predicted molar refractivity (Wildman–Crippen MR) is 107 cm³/mol. The van der Waals surface area contributed by atoms with Crippen molar-refractivity contribution in [3.05, 3.63) is 45.2 Å². The number of anilines is 3. The summed E-state index contributed by atoms with van der Waals surface area (Å²) >= 11 is 0. The van der Waals surface area contributed by atoms with Crippen molar-refractivity contribution < 1.29 is 9.59 Å². The third-order valence-electron chi connectivity index (χ3n) is 5.31. The van der Waals surface area contributed by atoms with E-state index in [1.807, 2.05) is 36.9 Å². The Morgan fingerprint density at radius 3 is 2.71 bits per heavy atom. The number of amides is 2. The first-order valence-corrected chi connectivity index (χ1v) is 9.49. The van der Waals surface area contributed by atoms with Gasteiger partial charge in [0.2, 0.25) is 17.8 Å². The molecule has 1 aromatic carbocycles.